The van der Waals surface area contributed by atoms with Gasteiger partial charge in [-0.25, -0.2) is 9.79 Å². The van der Waals surface area contributed by atoms with Crippen molar-refractivity contribution in [2.24, 2.45) is 4.99 Å². The van der Waals surface area contributed by atoms with Gasteiger partial charge in [0, 0.05) is 31.2 Å². The largest absolute Gasteiger partial charge is 0.476 e. The van der Waals surface area contributed by atoms with Gasteiger partial charge in [-0.2, -0.15) is 0 Å². The van der Waals surface area contributed by atoms with Crippen LogP contribution in [0.1, 0.15) is 91.0 Å². The van der Waals surface area contributed by atoms with Gasteiger partial charge >= 0.3 is 5.97 Å². The SMILES string of the molecule is CC.CCOC(=O)C(C)(C)Oc1c(C)cc(CN(CCOCNC(C)CC)CC2(C)N=C(c3ccccc3)OC2C)cc1C. The quantitative estimate of drug-likeness (QED) is 0.126. The van der Waals surface area contributed by atoms with Gasteiger partial charge in [0.25, 0.3) is 0 Å². The van der Waals surface area contributed by atoms with Crippen LogP contribution in [0.4, 0.5) is 0 Å². The molecule has 3 unspecified atom stereocenters. The number of carbonyl (C=O) groups is 1. The second-order valence-electron chi connectivity index (χ2n) is 12.1. The first-order valence-corrected chi connectivity index (χ1v) is 16.2. The Balaban J connectivity index is 0.00000330. The Morgan fingerprint density at radius 3 is 2.36 bits per heavy atom. The molecule has 1 aliphatic heterocycles. The monoisotopic (exact) mass is 611 g/mol. The van der Waals surface area contributed by atoms with Gasteiger partial charge in [-0.05, 0) is 90.6 Å². The van der Waals surface area contributed by atoms with E-state index in [4.69, 9.17) is 23.9 Å². The Morgan fingerprint density at radius 1 is 1.14 bits per heavy atom. The van der Waals surface area contributed by atoms with Gasteiger partial charge in [-0.1, -0.05) is 51.1 Å². The van der Waals surface area contributed by atoms with Gasteiger partial charge in [0.1, 0.15) is 17.4 Å². The molecule has 0 aromatic heterocycles. The van der Waals surface area contributed by atoms with Gasteiger partial charge in [-0.3, -0.25) is 10.2 Å². The molecule has 0 amide bonds. The lowest BCUT2D eigenvalue weighted by molar-refractivity contribution is -0.158. The molecule has 0 aliphatic carbocycles. The first kappa shape index (κ1) is 37.2. The van der Waals surface area contributed by atoms with Crippen LogP contribution >= 0.6 is 0 Å². The van der Waals surface area contributed by atoms with Crippen LogP contribution in [0.15, 0.2) is 47.5 Å². The van der Waals surface area contributed by atoms with Crippen LogP contribution < -0.4 is 10.1 Å². The Kier molecular flexibility index (Phi) is 14.8. The molecule has 8 heteroatoms. The molecule has 0 spiro atoms. The summed E-state index contributed by atoms with van der Waals surface area (Å²) in [4.78, 5) is 19.9. The zero-order valence-electron chi connectivity index (χ0n) is 29.1. The van der Waals surface area contributed by atoms with E-state index < -0.39 is 11.1 Å². The zero-order valence-corrected chi connectivity index (χ0v) is 29.1. The second-order valence-corrected chi connectivity index (χ2v) is 12.1. The fourth-order valence-corrected chi connectivity index (χ4v) is 4.95. The number of benzene rings is 2. The minimum atomic E-state index is -1.08. The Hall–Kier alpha value is -2.94. The third kappa shape index (κ3) is 10.6. The summed E-state index contributed by atoms with van der Waals surface area (Å²) >= 11 is 0. The molecule has 246 valence electrons. The van der Waals surface area contributed by atoms with Gasteiger partial charge in [0.15, 0.2) is 5.60 Å². The Bertz CT molecular complexity index is 1180. The number of aryl methyl sites for hydroxylation is 2. The number of ether oxygens (including phenoxy) is 4. The van der Waals surface area contributed by atoms with Crippen molar-refractivity contribution < 1.29 is 23.7 Å². The third-order valence-electron chi connectivity index (χ3n) is 7.83. The molecule has 2 aromatic carbocycles. The average Bonchev–Trinajstić information content (AvgIpc) is 3.29. The number of esters is 1. The van der Waals surface area contributed by atoms with Crippen molar-refractivity contribution in [1.29, 1.82) is 0 Å². The minimum absolute atomic E-state index is 0.0763. The highest BCUT2D eigenvalue weighted by molar-refractivity contribution is 5.95. The number of hydrogen-bond acceptors (Lipinski definition) is 8. The summed E-state index contributed by atoms with van der Waals surface area (Å²) in [6, 6.07) is 14.8. The molecule has 3 rings (SSSR count). The molecule has 0 radical (unpaired) electrons. The van der Waals surface area contributed by atoms with E-state index in [0.29, 0.717) is 50.7 Å². The van der Waals surface area contributed by atoms with Crippen molar-refractivity contribution in [3.05, 3.63) is 64.7 Å². The minimum Gasteiger partial charge on any atom is -0.476 e. The summed E-state index contributed by atoms with van der Waals surface area (Å²) in [6.07, 6.45) is 0.982. The lowest BCUT2D eigenvalue weighted by Gasteiger charge is -2.33. The summed E-state index contributed by atoms with van der Waals surface area (Å²) in [5.74, 6) is 1.03. The van der Waals surface area contributed by atoms with E-state index in [1.54, 1.807) is 20.8 Å². The van der Waals surface area contributed by atoms with Gasteiger partial charge < -0.3 is 18.9 Å². The molecule has 3 atom stereocenters. The molecule has 1 heterocycles. The van der Waals surface area contributed by atoms with Crippen LogP contribution in [0, 0.1) is 13.8 Å². The summed E-state index contributed by atoms with van der Waals surface area (Å²) in [7, 11) is 0. The molecule has 0 saturated carbocycles. The van der Waals surface area contributed by atoms with E-state index in [2.05, 4.69) is 50.0 Å². The maximum Gasteiger partial charge on any atom is 0.349 e. The number of nitrogens with one attached hydrogen (secondary N) is 1. The number of aliphatic imine (C=N–C) groups is 1. The predicted molar refractivity (Wildman–Crippen MR) is 180 cm³/mol. The predicted octanol–water partition coefficient (Wildman–Crippen LogP) is 6.84. The highest BCUT2D eigenvalue weighted by Crippen LogP contribution is 2.32. The second kappa shape index (κ2) is 17.5. The number of carbonyl (C=O) groups excluding carboxylic acids is 1. The average molecular weight is 612 g/mol. The van der Waals surface area contributed by atoms with E-state index in [-0.39, 0.29) is 12.1 Å². The summed E-state index contributed by atoms with van der Waals surface area (Å²) in [5.41, 5.74) is 2.60. The van der Waals surface area contributed by atoms with Crippen LogP contribution in [-0.2, 0) is 25.5 Å². The van der Waals surface area contributed by atoms with Gasteiger partial charge in [-0.15, -0.1) is 0 Å². The highest BCUT2D eigenvalue weighted by atomic mass is 16.6. The molecule has 2 aromatic rings. The molecule has 0 fully saturated rings. The molecule has 1 N–H and O–H groups in total. The lowest BCUT2D eigenvalue weighted by atomic mass is 9.96. The standard InChI is InChI=1S/C34H51N3O5.C2H6/c1-10-26(5)35-23-39-18-17-37(22-34(9)27(6)41-31(36-34)29-15-13-12-14-16-29)21-28-19-24(3)30(25(4)20-28)42-33(7,8)32(38)40-11-2;1-2/h12-16,19-20,26-27,35H,10-11,17-18,21-23H2,1-9H3;1-2H3. The van der Waals surface area contributed by atoms with E-state index in [0.717, 1.165) is 35.2 Å². The fourth-order valence-electron chi connectivity index (χ4n) is 4.95. The Morgan fingerprint density at radius 2 is 1.77 bits per heavy atom. The summed E-state index contributed by atoms with van der Waals surface area (Å²) < 4.78 is 23.6. The first-order chi connectivity index (χ1) is 20.9. The molecule has 0 saturated heterocycles. The number of hydrogen-bond donors (Lipinski definition) is 1. The van der Waals surface area contributed by atoms with Crippen LogP contribution in [0.3, 0.4) is 0 Å². The smallest absolute Gasteiger partial charge is 0.349 e. The Labute approximate surface area is 266 Å². The zero-order chi connectivity index (χ0) is 32.9. The normalized spacial score (nSPS) is 18.6. The number of nitrogens with zero attached hydrogens (tertiary/aromatic N) is 2. The van der Waals surface area contributed by atoms with Crippen LogP contribution in [0.5, 0.6) is 5.75 Å². The topological polar surface area (TPSA) is 81.6 Å². The third-order valence-corrected chi connectivity index (χ3v) is 7.83. The first-order valence-electron chi connectivity index (χ1n) is 16.2. The van der Waals surface area contributed by atoms with Crippen molar-refractivity contribution in [2.45, 2.75) is 112 Å². The molecular formula is C36H57N3O5. The van der Waals surface area contributed by atoms with Crippen molar-refractivity contribution >= 4 is 11.9 Å². The van der Waals surface area contributed by atoms with Crippen molar-refractivity contribution in [1.82, 2.24) is 10.2 Å². The molecular weight excluding hydrogens is 554 g/mol. The molecule has 0 bridgehead atoms. The fraction of sp³-hybridized carbons (Fsp3) is 0.611. The van der Waals surface area contributed by atoms with Crippen molar-refractivity contribution in [3.8, 4) is 5.75 Å². The molecule has 44 heavy (non-hydrogen) atoms. The van der Waals surface area contributed by atoms with E-state index in [9.17, 15) is 4.79 Å². The highest BCUT2D eigenvalue weighted by Gasteiger charge is 2.41. The van der Waals surface area contributed by atoms with E-state index in [1.807, 2.05) is 58.0 Å². The summed E-state index contributed by atoms with van der Waals surface area (Å²) in [6.45, 7) is 25.5. The van der Waals surface area contributed by atoms with Crippen LogP contribution in [-0.4, -0.2) is 73.1 Å². The van der Waals surface area contributed by atoms with E-state index >= 15 is 0 Å². The van der Waals surface area contributed by atoms with Crippen molar-refractivity contribution in [3.63, 3.8) is 0 Å². The maximum absolute atomic E-state index is 12.4. The maximum atomic E-state index is 12.4. The van der Waals surface area contributed by atoms with Crippen LogP contribution in [0.2, 0.25) is 0 Å². The van der Waals surface area contributed by atoms with Gasteiger partial charge in [0.2, 0.25) is 5.90 Å². The lowest BCUT2D eigenvalue weighted by Crippen LogP contribution is -2.46. The van der Waals surface area contributed by atoms with Gasteiger partial charge in [0.05, 0.1) is 19.9 Å². The molecule has 8 nitrogen and oxygen atoms in total. The van der Waals surface area contributed by atoms with E-state index in [1.165, 1.54) is 0 Å². The summed E-state index contributed by atoms with van der Waals surface area (Å²) in [5, 5.41) is 3.39. The van der Waals surface area contributed by atoms with Crippen molar-refractivity contribution in [2.75, 3.05) is 33.0 Å². The van der Waals surface area contributed by atoms with Crippen LogP contribution in [0.25, 0.3) is 0 Å². The molecule has 1 aliphatic rings. The number of rotatable bonds is 16.